The van der Waals surface area contributed by atoms with Gasteiger partial charge in [0.05, 0.1) is 7.11 Å². The predicted molar refractivity (Wildman–Crippen MR) is 81.6 cm³/mol. The average molecular weight is 271 g/mol. The Morgan fingerprint density at radius 3 is 2.25 bits per heavy atom. The highest BCUT2D eigenvalue weighted by atomic mass is 16.5. The summed E-state index contributed by atoms with van der Waals surface area (Å²) in [5.41, 5.74) is 8.17. The molecule has 0 radical (unpaired) electrons. The van der Waals surface area contributed by atoms with Gasteiger partial charge < -0.3 is 15.2 Å². The Balaban J connectivity index is 2.12. The van der Waals surface area contributed by atoms with E-state index in [1.54, 1.807) is 7.11 Å². The van der Waals surface area contributed by atoms with E-state index < -0.39 is 0 Å². The van der Waals surface area contributed by atoms with Gasteiger partial charge in [0.2, 0.25) is 0 Å². The number of rotatable bonds is 5. The van der Waals surface area contributed by atoms with Crippen molar-refractivity contribution in [1.82, 2.24) is 0 Å². The standard InChI is InChI=1S/C17H21NO2/c1-12-10-14(11-13(2)18)4-9-17(12)20-16-7-5-15(19-3)6-8-16/h4-10,13H,11,18H2,1-3H3. The minimum atomic E-state index is 0.169. The van der Waals surface area contributed by atoms with Crippen LogP contribution >= 0.6 is 0 Å². The number of hydrogen-bond acceptors (Lipinski definition) is 3. The van der Waals surface area contributed by atoms with E-state index >= 15 is 0 Å². The van der Waals surface area contributed by atoms with Crippen LogP contribution in [0.3, 0.4) is 0 Å². The van der Waals surface area contributed by atoms with Crippen LogP contribution in [0.5, 0.6) is 17.2 Å². The summed E-state index contributed by atoms with van der Waals surface area (Å²) >= 11 is 0. The van der Waals surface area contributed by atoms with Gasteiger partial charge in [-0.15, -0.1) is 0 Å². The largest absolute Gasteiger partial charge is 0.497 e. The topological polar surface area (TPSA) is 44.5 Å². The third-order valence-corrected chi connectivity index (χ3v) is 3.08. The van der Waals surface area contributed by atoms with Gasteiger partial charge in [0, 0.05) is 6.04 Å². The third kappa shape index (κ3) is 3.75. The van der Waals surface area contributed by atoms with Gasteiger partial charge in [-0.2, -0.15) is 0 Å². The molecule has 2 aromatic carbocycles. The van der Waals surface area contributed by atoms with E-state index in [4.69, 9.17) is 15.2 Å². The molecule has 0 saturated heterocycles. The molecule has 0 aliphatic carbocycles. The first-order valence-corrected chi connectivity index (χ1v) is 6.75. The van der Waals surface area contributed by atoms with Crippen molar-refractivity contribution in [2.75, 3.05) is 7.11 Å². The van der Waals surface area contributed by atoms with Crippen LogP contribution < -0.4 is 15.2 Å². The fourth-order valence-corrected chi connectivity index (χ4v) is 2.10. The molecule has 2 aromatic rings. The first-order valence-electron chi connectivity index (χ1n) is 6.75. The van der Waals surface area contributed by atoms with E-state index in [0.29, 0.717) is 0 Å². The van der Waals surface area contributed by atoms with Gasteiger partial charge in [-0.05, 0) is 61.7 Å². The van der Waals surface area contributed by atoms with Crippen molar-refractivity contribution >= 4 is 0 Å². The van der Waals surface area contributed by atoms with Gasteiger partial charge in [0.25, 0.3) is 0 Å². The normalized spacial score (nSPS) is 12.0. The number of ether oxygens (including phenoxy) is 2. The highest BCUT2D eigenvalue weighted by Gasteiger charge is 2.05. The lowest BCUT2D eigenvalue weighted by atomic mass is 10.0. The lowest BCUT2D eigenvalue weighted by Gasteiger charge is -2.12. The molecule has 0 amide bonds. The molecule has 1 atom stereocenters. The molecule has 20 heavy (non-hydrogen) atoms. The fraction of sp³-hybridized carbons (Fsp3) is 0.294. The quantitative estimate of drug-likeness (QED) is 0.902. The van der Waals surface area contributed by atoms with Crippen LogP contribution in [0.25, 0.3) is 0 Å². The van der Waals surface area contributed by atoms with Crippen molar-refractivity contribution in [2.24, 2.45) is 5.73 Å². The number of hydrogen-bond donors (Lipinski definition) is 1. The SMILES string of the molecule is COc1ccc(Oc2ccc(CC(C)N)cc2C)cc1. The molecule has 2 N–H and O–H groups in total. The molecule has 0 bridgehead atoms. The maximum absolute atomic E-state index is 5.88. The summed E-state index contributed by atoms with van der Waals surface area (Å²) in [6.07, 6.45) is 0.879. The molecule has 0 fully saturated rings. The second kappa shape index (κ2) is 6.44. The summed E-state index contributed by atoms with van der Waals surface area (Å²) in [5.74, 6) is 2.48. The Hall–Kier alpha value is -2.00. The molecule has 0 heterocycles. The monoisotopic (exact) mass is 271 g/mol. The van der Waals surface area contributed by atoms with E-state index in [1.165, 1.54) is 5.56 Å². The summed E-state index contributed by atoms with van der Waals surface area (Å²) in [6.45, 7) is 4.06. The number of benzene rings is 2. The first kappa shape index (κ1) is 14.4. The maximum atomic E-state index is 5.88. The zero-order valence-corrected chi connectivity index (χ0v) is 12.2. The molecule has 0 aliphatic rings. The Morgan fingerprint density at radius 1 is 1.05 bits per heavy atom. The van der Waals surface area contributed by atoms with E-state index in [1.807, 2.05) is 44.2 Å². The minimum Gasteiger partial charge on any atom is -0.497 e. The highest BCUT2D eigenvalue weighted by molar-refractivity contribution is 5.41. The molecule has 0 spiro atoms. The molecule has 106 valence electrons. The molecule has 0 aromatic heterocycles. The summed E-state index contributed by atoms with van der Waals surface area (Å²) in [7, 11) is 1.65. The van der Waals surface area contributed by atoms with Crippen molar-refractivity contribution in [3.63, 3.8) is 0 Å². The van der Waals surface area contributed by atoms with Gasteiger partial charge in [0.1, 0.15) is 17.2 Å². The zero-order chi connectivity index (χ0) is 14.5. The van der Waals surface area contributed by atoms with E-state index in [-0.39, 0.29) is 6.04 Å². The molecule has 0 aliphatic heterocycles. The summed E-state index contributed by atoms with van der Waals surface area (Å²) in [4.78, 5) is 0. The van der Waals surface area contributed by atoms with Crippen LogP contribution in [-0.4, -0.2) is 13.2 Å². The van der Waals surface area contributed by atoms with Crippen LogP contribution in [0.1, 0.15) is 18.1 Å². The van der Waals surface area contributed by atoms with Gasteiger partial charge in [0.15, 0.2) is 0 Å². The van der Waals surface area contributed by atoms with E-state index in [0.717, 1.165) is 29.2 Å². The van der Waals surface area contributed by atoms with Gasteiger partial charge in [-0.1, -0.05) is 12.1 Å². The fourth-order valence-electron chi connectivity index (χ4n) is 2.10. The van der Waals surface area contributed by atoms with Crippen molar-refractivity contribution in [1.29, 1.82) is 0 Å². The Kier molecular flexibility index (Phi) is 4.64. The Bertz CT molecular complexity index is 562. The van der Waals surface area contributed by atoms with Crippen molar-refractivity contribution in [3.8, 4) is 17.2 Å². The third-order valence-electron chi connectivity index (χ3n) is 3.08. The van der Waals surface area contributed by atoms with Gasteiger partial charge in [-0.3, -0.25) is 0 Å². The van der Waals surface area contributed by atoms with E-state index in [9.17, 15) is 0 Å². The summed E-state index contributed by atoms with van der Waals surface area (Å²) in [6, 6.07) is 13.9. The smallest absolute Gasteiger partial charge is 0.130 e. The molecule has 2 rings (SSSR count). The predicted octanol–water partition coefficient (Wildman–Crippen LogP) is 3.69. The number of nitrogens with two attached hydrogens (primary N) is 1. The average Bonchev–Trinajstić information content (AvgIpc) is 2.42. The molecule has 3 nitrogen and oxygen atoms in total. The first-order chi connectivity index (χ1) is 9.58. The second-order valence-corrected chi connectivity index (χ2v) is 5.06. The number of methoxy groups -OCH3 is 1. The van der Waals surface area contributed by atoms with Crippen molar-refractivity contribution < 1.29 is 9.47 Å². The maximum Gasteiger partial charge on any atom is 0.130 e. The minimum absolute atomic E-state index is 0.169. The van der Waals surface area contributed by atoms with Crippen LogP contribution in [-0.2, 0) is 6.42 Å². The lowest BCUT2D eigenvalue weighted by molar-refractivity contribution is 0.412. The molecular formula is C17H21NO2. The molecule has 1 unspecified atom stereocenters. The van der Waals surface area contributed by atoms with Crippen LogP contribution in [0.15, 0.2) is 42.5 Å². The Labute approximate surface area is 120 Å². The van der Waals surface area contributed by atoms with Crippen LogP contribution in [0.4, 0.5) is 0 Å². The highest BCUT2D eigenvalue weighted by Crippen LogP contribution is 2.27. The van der Waals surface area contributed by atoms with Crippen molar-refractivity contribution in [3.05, 3.63) is 53.6 Å². The molecule has 0 saturated carbocycles. The Morgan fingerprint density at radius 2 is 1.70 bits per heavy atom. The van der Waals surface area contributed by atoms with E-state index in [2.05, 4.69) is 12.1 Å². The van der Waals surface area contributed by atoms with Gasteiger partial charge >= 0.3 is 0 Å². The molecule has 3 heteroatoms. The van der Waals surface area contributed by atoms with Crippen molar-refractivity contribution in [2.45, 2.75) is 26.3 Å². The zero-order valence-electron chi connectivity index (χ0n) is 12.2. The van der Waals surface area contributed by atoms with Crippen LogP contribution in [0, 0.1) is 6.92 Å². The second-order valence-electron chi connectivity index (χ2n) is 5.06. The van der Waals surface area contributed by atoms with Gasteiger partial charge in [-0.25, -0.2) is 0 Å². The summed E-state index contributed by atoms with van der Waals surface area (Å²) in [5, 5.41) is 0. The summed E-state index contributed by atoms with van der Waals surface area (Å²) < 4.78 is 11.0. The number of aryl methyl sites for hydroxylation is 1. The molecular weight excluding hydrogens is 250 g/mol. The lowest BCUT2D eigenvalue weighted by Crippen LogP contribution is -2.17. The van der Waals surface area contributed by atoms with Crippen LogP contribution in [0.2, 0.25) is 0 Å².